The fraction of sp³-hybridized carbons (Fsp3) is 0.357. The molecule has 0 aliphatic heterocycles. The molecule has 2 rings (SSSR count). The Morgan fingerprint density at radius 2 is 2.00 bits per heavy atom. The number of hydrogen-bond donors (Lipinski definition) is 1. The topological polar surface area (TPSA) is 43.8 Å². The molecule has 1 heterocycles. The minimum Gasteiger partial charge on any atom is -0.328 e. The Kier molecular flexibility index (Phi) is 3.85. The van der Waals surface area contributed by atoms with Gasteiger partial charge in [-0.25, -0.2) is 4.68 Å². The largest absolute Gasteiger partial charge is 0.435 e. The van der Waals surface area contributed by atoms with Crippen LogP contribution in [-0.2, 0) is 12.6 Å². The summed E-state index contributed by atoms with van der Waals surface area (Å²) in [6.07, 6.45) is -2.53. The van der Waals surface area contributed by atoms with Crippen LogP contribution in [0.2, 0.25) is 0 Å². The molecule has 1 atom stereocenters. The molecule has 0 saturated heterocycles. The van der Waals surface area contributed by atoms with Crippen LogP contribution in [-0.4, -0.2) is 15.8 Å². The number of rotatable bonds is 3. The SMILES string of the molecule is Cc1ccc(-n2ccc(C(F)(F)F)n2)c(CC(C)N)c1. The molecule has 2 N–H and O–H groups in total. The first-order valence-electron chi connectivity index (χ1n) is 6.25. The van der Waals surface area contributed by atoms with E-state index in [9.17, 15) is 13.2 Å². The van der Waals surface area contributed by atoms with Crippen molar-refractivity contribution in [3.05, 3.63) is 47.3 Å². The second kappa shape index (κ2) is 5.28. The van der Waals surface area contributed by atoms with Crippen LogP contribution in [0.5, 0.6) is 0 Å². The highest BCUT2D eigenvalue weighted by Gasteiger charge is 2.33. The van der Waals surface area contributed by atoms with Crippen molar-refractivity contribution in [1.29, 1.82) is 0 Å². The summed E-state index contributed by atoms with van der Waals surface area (Å²) < 4.78 is 39.0. The molecule has 0 aliphatic rings. The molecule has 1 unspecified atom stereocenters. The number of nitrogens with two attached hydrogens (primary N) is 1. The highest BCUT2D eigenvalue weighted by molar-refractivity contribution is 5.43. The molecule has 1 aromatic heterocycles. The lowest BCUT2D eigenvalue weighted by molar-refractivity contribution is -0.141. The zero-order valence-electron chi connectivity index (χ0n) is 11.3. The molecule has 0 saturated carbocycles. The average molecular weight is 283 g/mol. The molecule has 0 fully saturated rings. The zero-order valence-corrected chi connectivity index (χ0v) is 11.3. The highest BCUT2D eigenvalue weighted by atomic mass is 19.4. The summed E-state index contributed by atoms with van der Waals surface area (Å²) in [5.74, 6) is 0. The van der Waals surface area contributed by atoms with E-state index in [4.69, 9.17) is 5.73 Å². The van der Waals surface area contributed by atoms with E-state index in [1.165, 1.54) is 10.9 Å². The van der Waals surface area contributed by atoms with E-state index in [0.717, 1.165) is 17.2 Å². The second-order valence-electron chi connectivity index (χ2n) is 4.96. The van der Waals surface area contributed by atoms with E-state index in [1.807, 2.05) is 26.0 Å². The number of alkyl halides is 3. The Labute approximate surface area is 115 Å². The molecule has 20 heavy (non-hydrogen) atoms. The lowest BCUT2D eigenvalue weighted by Crippen LogP contribution is -2.19. The van der Waals surface area contributed by atoms with Crippen molar-refractivity contribution in [1.82, 2.24) is 9.78 Å². The van der Waals surface area contributed by atoms with E-state index >= 15 is 0 Å². The van der Waals surface area contributed by atoms with Crippen molar-refractivity contribution in [2.24, 2.45) is 5.73 Å². The number of halogens is 3. The first kappa shape index (κ1) is 14.6. The molecule has 1 aromatic carbocycles. The second-order valence-corrected chi connectivity index (χ2v) is 4.96. The van der Waals surface area contributed by atoms with Crippen LogP contribution in [0.4, 0.5) is 13.2 Å². The molecule has 0 spiro atoms. The van der Waals surface area contributed by atoms with Gasteiger partial charge in [0.05, 0.1) is 5.69 Å². The molecule has 108 valence electrons. The summed E-state index contributed by atoms with van der Waals surface area (Å²) in [7, 11) is 0. The molecule has 6 heteroatoms. The van der Waals surface area contributed by atoms with Gasteiger partial charge in [-0.3, -0.25) is 0 Å². The zero-order chi connectivity index (χ0) is 14.9. The molecule has 0 amide bonds. The highest BCUT2D eigenvalue weighted by Crippen LogP contribution is 2.28. The third-order valence-electron chi connectivity index (χ3n) is 2.90. The van der Waals surface area contributed by atoms with Gasteiger partial charge in [0.1, 0.15) is 0 Å². The molecule has 0 aliphatic carbocycles. The summed E-state index contributed by atoms with van der Waals surface area (Å²) in [4.78, 5) is 0. The van der Waals surface area contributed by atoms with Gasteiger partial charge < -0.3 is 5.73 Å². The van der Waals surface area contributed by atoms with Crippen molar-refractivity contribution in [2.75, 3.05) is 0 Å². The van der Waals surface area contributed by atoms with Gasteiger partial charge in [-0.2, -0.15) is 18.3 Å². The predicted molar refractivity (Wildman–Crippen MR) is 70.7 cm³/mol. The lowest BCUT2D eigenvalue weighted by atomic mass is 10.0. The molecule has 0 bridgehead atoms. The Hall–Kier alpha value is -1.82. The van der Waals surface area contributed by atoms with Gasteiger partial charge in [0.2, 0.25) is 0 Å². The van der Waals surface area contributed by atoms with E-state index in [0.29, 0.717) is 12.1 Å². The molecule has 0 radical (unpaired) electrons. The minimum atomic E-state index is -4.43. The summed E-state index contributed by atoms with van der Waals surface area (Å²) in [6, 6.07) is 6.42. The monoisotopic (exact) mass is 283 g/mol. The molecule has 2 aromatic rings. The molecule has 3 nitrogen and oxygen atoms in total. The van der Waals surface area contributed by atoms with Gasteiger partial charge in [0.25, 0.3) is 0 Å². The Balaban J connectivity index is 2.44. The Morgan fingerprint density at radius 3 is 2.55 bits per heavy atom. The summed E-state index contributed by atoms with van der Waals surface area (Å²) in [5.41, 5.74) is 7.44. The first-order chi connectivity index (χ1) is 9.27. The third-order valence-corrected chi connectivity index (χ3v) is 2.90. The quantitative estimate of drug-likeness (QED) is 0.940. The Morgan fingerprint density at radius 1 is 1.30 bits per heavy atom. The maximum Gasteiger partial charge on any atom is 0.435 e. The van der Waals surface area contributed by atoms with Crippen LogP contribution in [0.15, 0.2) is 30.5 Å². The Bertz CT molecular complexity index is 600. The lowest BCUT2D eigenvalue weighted by Gasteiger charge is -2.13. The number of hydrogen-bond acceptors (Lipinski definition) is 2. The van der Waals surface area contributed by atoms with Crippen LogP contribution < -0.4 is 5.73 Å². The van der Waals surface area contributed by atoms with Crippen LogP contribution in [0.25, 0.3) is 5.69 Å². The predicted octanol–water partition coefficient (Wildman–Crippen LogP) is 3.09. The maximum absolute atomic E-state index is 12.6. The minimum absolute atomic E-state index is 0.0757. The van der Waals surface area contributed by atoms with Crippen LogP contribution >= 0.6 is 0 Å². The average Bonchev–Trinajstić information content (AvgIpc) is 2.77. The number of benzene rings is 1. The standard InChI is InChI=1S/C14H16F3N3/c1-9-3-4-12(11(7-9)8-10(2)18)20-6-5-13(19-20)14(15,16)17/h3-7,10H,8,18H2,1-2H3. The fourth-order valence-corrected chi connectivity index (χ4v) is 2.06. The normalized spacial score (nSPS) is 13.5. The van der Waals surface area contributed by atoms with E-state index in [1.54, 1.807) is 6.07 Å². The van der Waals surface area contributed by atoms with Gasteiger partial charge in [0.15, 0.2) is 5.69 Å². The van der Waals surface area contributed by atoms with Crippen LogP contribution in [0.1, 0.15) is 23.7 Å². The van der Waals surface area contributed by atoms with Crippen molar-refractivity contribution >= 4 is 0 Å². The number of aryl methyl sites for hydroxylation is 1. The number of nitrogens with zero attached hydrogens (tertiary/aromatic N) is 2. The maximum atomic E-state index is 12.6. The van der Waals surface area contributed by atoms with Crippen LogP contribution in [0.3, 0.4) is 0 Å². The summed E-state index contributed by atoms with van der Waals surface area (Å²) in [5, 5.41) is 3.60. The van der Waals surface area contributed by atoms with E-state index in [-0.39, 0.29) is 6.04 Å². The summed E-state index contributed by atoms with van der Waals surface area (Å²) >= 11 is 0. The van der Waals surface area contributed by atoms with Gasteiger partial charge in [-0.05, 0) is 38.0 Å². The first-order valence-corrected chi connectivity index (χ1v) is 6.25. The van der Waals surface area contributed by atoms with Crippen molar-refractivity contribution in [3.63, 3.8) is 0 Å². The van der Waals surface area contributed by atoms with Crippen molar-refractivity contribution < 1.29 is 13.2 Å². The van der Waals surface area contributed by atoms with E-state index < -0.39 is 11.9 Å². The van der Waals surface area contributed by atoms with E-state index in [2.05, 4.69) is 5.10 Å². The van der Waals surface area contributed by atoms with Gasteiger partial charge in [-0.1, -0.05) is 17.7 Å². The van der Waals surface area contributed by atoms with Crippen molar-refractivity contribution in [3.8, 4) is 5.69 Å². The van der Waals surface area contributed by atoms with Gasteiger partial charge in [0, 0.05) is 12.2 Å². The molecular weight excluding hydrogens is 267 g/mol. The van der Waals surface area contributed by atoms with Gasteiger partial charge in [-0.15, -0.1) is 0 Å². The van der Waals surface area contributed by atoms with Crippen molar-refractivity contribution in [2.45, 2.75) is 32.5 Å². The number of aromatic nitrogens is 2. The summed E-state index contributed by atoms with van der Waals surface area (Å²) in [6.45, 7) is 3.79. The molecular formula is C14H16F3N3. The van der Waals surface area contributed by atoms with Crippen LogP contribution in [0, 0.1) is 6.92 Å². The van der Waals surface area contributed by atoms with Gasteiger partial charge >= 0.3 is 6.18 Å². The third kappa shape index (κ3) is 3.19. The smallest absolute Gasteiger partial charge is 0.328 e. The fourth-order valence-electron chi connectivity index (χ4n) is 2.06.